The van der Waals surface area contributed by atoms with E-state index in [1.807, 2.05) is 46.4 Å². The summed E-state index contributed by atoms with van der Waals surface area (Å²) in [5.74, 6) is 1.77. The van der Waals surface area contributed by atoms with E-state index in [0.717, 1.165) is 30.2 Å². The number of nitrogens with zero attached hydrogens (tertiary/aromatic N) is 2. The van der Waals surface area contributed by atoms with E-state index in [1.165, 1.54) is 0 Å². The second-order valence-electron chi connectivity index (χ2n) is 5.23. The molecular formula is C15H26N2O2. The predicted molar refractivity (Wildman–Crippen MR) is 79.3 cm³/mol. The summed E-state index contributed by atoms with van der Waals surface area (Å²) in [4.78, 5) is 4.20. The van der Waals surface area contributed by atoms with Crippen LogP contribution in [0.2, 0.25) is 0 Å². The summed E-state index contributed by atoms with van der Waals surface area (Å²) >= 11 is 0. The van der Waals surface area contributed by atoms with Crippen LogP contribution < -0.4 is 9.47 Å². The Kier molecular flexibility index (Phi) is 6.67. The predicted octanol–water partition coefficient (Wildman–Crippen LogP) is 1.88. The summed E-state index contributed by atoms with van der Waals surface area (Å²) in [6.07, 6.45) is 0. The van der Waals surface area contributed by atoms with Gasteiger partial charge in [-0.25, -0.2) is 0 Å². The summed E-state index contributed by atoms with van der Waals surface area (Å²) < 4.78 is 11.5. The highest BCUT2D eigenvalue weighted by Crippen LogP contribution is 2.24. The zero-order valence-corrected chi connectivity index (χ0v) is 12.8. The number of benzene rings is 1. The zero-order valence-electron chi connectivity index (χ0n) is 12.8. The van der Waals surface area contributed by atoms with Crippen LogP contribution in [0.5, 0.6) is 11.5 Å². The lowest BCUT2D eigenvalue weighted by molar-refractivity contribution is 0.250. The van der Waals surface area contributed by atoms with Crippen LogP contribution >= 0.6 is 0 Å². The van der Waals surface area contributed by atoms with Crippen LogP contribution in [-0.2, 0) is 0 Å². The fourth-order valence-electron chi connectivity index (χ4n) is 1.51. The van der Waals surface area contributed by atoms with E-state index in [4.69, 9.17) is 9.47 Å². The van der Waals surface area contributed by atoms with Crippen LogP contribution in [0, 0.1) is 6.92 Å². The minimum Gasteiger partial charge on any atom is -0.492 e. The van der Waals surface area contributed by atoms with Crippen molar-refractivity contribution in [3.05, 3.63) is 23.8 Å². The van der Waals surface area contributed by atoms with Gasteiger partial charge in [-0.2, -0.15) is 0 Å². The third-order valence-electron chi connectivity index (χ3n) is 2.76. The van der Waals surface area contributed by atoms with Gasteiger partial charge in [0.1, 0.15) is 24.7 Å². The Labute approximate surface area is 116 Å². The molecule has 0 aliphatic rings. The standard InChI is InChI=1S/C15H26N2O2/c1-13-6-7-14(18-10-8-16(2)3)12-15(13)19-11-9-17(4)5/h6-7,12H,8-11H2,1-5H3. The van der Waals surface area contributed by atoms with E-state index in [-0.39, 0.29) is 0 Å². The van der Waals surface area contributed by atoms with E-state index in [1.54, 1.807) is 0 Å². The second kappa shape index (κ2) is 8.02. The van der Waals surface area contributed by atoms with Crippen molar-refractivity contribution in [1.82, 2.24) is 9.80 Å². The molecule has 0 heterocycles. The number of aryl methyl sites for hydroxylation is 1. The number of rotatable bonds is 8. The fourth-order valence-corrected chi connectivity index (χ4v) is 1.51. The van der Waals surface area contributed by atoms with Gasteiger partial charge in [0.05, 0.1) is 0 Å². The minimum absolute atomic E-state index is 0.688. The van der Waals surface area contributed by atoms with E-state index in [0.29, 0.717) is 13.2 Å². The molecule has 1 aromatic rings. The summed E-state index contributed by atoms with van der Waals surface area (Å²) in [6.45, 7) is 5.24. The molecule has 4 heteroatoms. The van der Waals surface area contributed by atoms with Crippen molar-refractivity contribution in [1.29, 1.82) is 0 Å². The van der Waals surface area contributed by atoms with Gasteiger partial charge in [0.2, 0.25) is 0 Å². The molecule has 0 spiro atoms. The summed E-state index contributed by atoms with van der Waals surface area (Å²) in [5.41, 5.74) is 1.14. The first-order valence-corrected chi connectivity index (χ1v) is 6.64. The van der Waals surface area contributed by atoms with Crippen molar-refractivity contribution in [2.75, 3.05) is 54.5 Å². The topological polar surface area (TPSA) is 24.9 Å². The molecule has 1 aromatic carbocycles. The Bertz CT molecular complexity index is 378. The average molecular weight is 266 g/mol. The minimum atomic E-state index is 0.688. The molecule has 0 N–H and O–H groups in total. The van der Waals surface area contributed by atoms with Crippen LogP contribution in [0.15, 0.2) is 18.2 Å². The van der Waals surface area contributed by atoms with E-state index < -0.39 is 0 Å². The van der Waals surface area contributed by atoms with Gasteiger partial charge in [-0.15, -0.1) is 0 Å². The average Bonchev–Trinajstić information content (AvgIpc) is 2.32. The Hall–Kier alpha value is -1.26. The number of likely N-dealkylation sites (N-methyl/N-ethyl adjacent to an activating group) is 2. The van der Waals surface area contributed by atoms with Crippen molar-refractivity contribution in [2.24, 2.45) is 0 Å². The van der Waals surface area contributed by atoms with Gasteiger partial charge >= 0.3 is 0 Å². The molecule has 0 amide bonds. The smallest absolute Gasteiger partial charge is 0.125 e. The highest BCUT2D eigenvalue weighted by Gasteiger charge is 2.03. The quantitative estimate of drug-likeness (QED) is 0.717. The highest BCUT2D eigenvalue weighted by molar-refractivity contribution is 5.39. The third-order valence-corrected chi connectivity index (χ3v) is 2.76. The SMILES string of the molecule is Cc1ccc(OCCN(C)C)cc1OCCN(C)C. The monoisotopic (exact) mass is 266 g/mol. The molecule has 1 rings (SSSR count). The third kappa shape index (κ3) is 6.45. The molecule has 0 aliphatic heterocycles. The van der Waals surface area contributed by atoms with Crippen molar-refractivity contribution >= 4 is 0 Å². The van der Waals surface area contributed by atoms with Crippen molar-refractivity contribution in [3.63, 3.8) is 0 Å². The highest BCUT2D eigenvalue weighted by atomic mass is 16.5. The van der Waals surface area contributed by atoms with Crippen LogP contribution in [0.1, 0.15) is 5.56 Å². The fraction of sp³-hybridized carbons (Fsp3) is 0.600. The Morgan fingerprint density at radius 1 is 0.895 bits per heavy atom. The lowest BCUT2D eigenvalue weighted by Gasteiger charge is -2.15. The molecule has 108 valence electrons. The van der Waals surface area contributed by atoms with Crippen molar-refractivity contribution < 1.29 is 9.47 Å². The molecule has 4 nitrogen and oxygen atoms in total. The van der Waals surface area contributed by atoms with E-state index in [9.17, 15) is 0 Å². The van der Waals surface area contributed by atoms with Gasteiger partial charge in [0.15, 0.2) is 0 Å². The van der Waals surface area contributed by atoms with Gasteiger partial charge in [-0.05, 0) is 46.7 Å². The maximum absolute atomic E-state index is 5.78. The van der Waals surface area contributed by atoms with E-state index in [2.05, 4.69) is 16.7 Å². The Morgan fingerprint density at radius 3 is 2.05 bits per heavy atom. The molecule has 0 atom stereocenters. The van der Waals surface area contributed by atoms with Crippen molar-refractivity contribution in [3.8, 4) is 11.5 Å². The second-order valence-corrected chi connectivity index (χ2v) is 5.23. The Morgan fingerprint density at radius 2 is 1.47 bits per heavy atom. The summed E-state index contributed by atoms with van der Waals surface area (Å²) in [7, 11) is 8.15. The summed E-state index contributed by atoms with van der Waals surface area (Å²) in [6, 6.07) is 6.00. The molecular weight excluding hydrogens is 240 g/mol. The number of ether oxygens (including phenoxy) is 2. The zero-order chi connectivity index (χ0) is 14.3. The first-order chi connectivity index (χ1) is 8.99. The van der Waals surface area contributed by atoms with Crippen LogP contribution in [0.25, 0.3) is 0 Å². The van der Waals surface area contributed by atoms with Crippen LogP contribution in [0.3, 0.4) is 0 Å². The van der Waals surface area contributed by atoms with Gasteiger partial charge in [-0.3, -0.25) is 0 Å². The molecule has 0 aromatic heterocycles. The van der Waals surface area contributed by atoms with E-state index >= 15 is 0 Å². The first-order valence-electron chi connectivity index (χ1n) is 6.64. The maximum atomic E-state index is 5.78. The molecule has 0 radical (unpaired) electrons. The number of hydrogen-bond donors (Lipinski definition) is 0. The van der Waals surface area contributed by atoms with Crippen LogP contribution in [0.4, 0.5) is 0 Å². The lowest BCUT2D eigenvalue weighted by Crippen LogP contribution is -2.20. The number of hydrogen-bond acceptors (Lipinski definition) is 4. The van der Waals surface area contributed by atoms with Gasteiger partial charge in [-0.1, -0.05) is 6.07 Å². The van der Waals surface area contributed by atoms with Gasteiger partial charge < -0.3 is 19.3 Å². The summed E-state index contributed by atoms with van der Waals surface area (Å²) in [5, 5.41) is 0. The van der Waals surface area contributed by atoms with Gasteiger partial charge in [0.25, 0.3) is 0 Å². The molecule has 0 aliphatic carbocycles. The largest absolute Gasteiger partial charge is 0.492 e. The molecule has 0 bridgehead atoms. The normalized spacial score (nSPS) is 11.1. The van der Waals surface area contributed by atoms with Gasteiger partial charge in [0, 0.05) is 19.2 Å². The molecule has 19 heavy (non-hydrogen) atoms. The molecule has 0 unspecified atom stereocenters. The van der Waals surface area contributed by atoms with Crippen molar-refractivity contribution in [2.45, 2.75) is 6.92 Å². The molecule has 0 fully saturated rings. The maximum Gasteiger partial charge on any atom is 0.125 e. The van der Waals surface area contributed by atoms with Crippen LogP contribution in [-0.4, -0.2) is 64.3 Å². The molecule has 0 saturated heterocycles. The first kappa shape index (κ1) is 15.8. The Balaban J connectivity index is 2.51. The lowest BCUT2D eigenvalue weighted by atomic mass is 10.2. The molecule has 0 saturated carbocycles.